The van der Waals surface area contributed by atoms with Gasteiger partial charge < -0.3 is 10.2 Å². The highest BCUT2D eigenvalue weighted by atomic mass is 32.2. The lowest BCUT2D eigenvalue weighted by molar-refractivity contribution is 0.0305. The number of hydrogen-bond donors (Lipinski definition) is 2. The van der Waals surface area contributed by atoms with Crippen molar-refractivity contribution in [3.8, 4) is 0 Å². The van der Waals surface area contributed by atoms with Crippen molar-refractivity contribution in [2.45, 2.75) is 38.3 Å². The molecular formula is C18H22O5S. The number of aliphatic hydroxyl groups is 2. The monoisotopic (exact) mass is 350 g/mol. The fourth-order valence-electron chi connectivity index (χ4n) is 2.26. The van der Waals surface area contributed by atoms with Gasteiger partial charge in [0, 0.05) is 0 Å². The standard InChI is InChI=1S/C9H10O3S.C9H12O2/c1-7-9(12-13(10)11-7)8-5-3-2-4-6-8;1-7(10)9(11)8-5-3-2-4-6-8/h2-7,9H,1H3;2-7,9-11H,1H3/t7-,9+,13?;7-,9+/m11/s1. The fraction of sp³-hybridized carbons (Fsp3) is 0.333. The van der Waals surface area contributed by atoms with Gasteiger partial charge >= 0.3 is 11.4 Å². The van der Waals surface area contributed by atoms with E-state index in [9.17, 15) is 9.32 Å². The van der Waals surface area contributed by atoms with Crippen molar-refractivity contribution in [3.63, 3.8) is 0 Å². The summed E-state index contributed by atoms with van der Waals surface area (Å²) in [5.41, 5.74) is 1.75. The number of benzene rings is 2. The minimum absolute atomic E-state index is 0.150. The molecule has 5 atom stereocenters. The van der Waals surface area contributed by atoms with Crippen LogP contribution in [0.4, 0.5) is 0 Å². The Morgan fingerprint density at radius 2 is 1.50 bits per heavy atom. The predicted molar refractivity (Wildman–Crippen MR) is 92.0 cm³/mol. The maximum atomic E-state index is 10.9. The number of aliphatic hydroxyl groups excluding tert-OH is 2. The van der Waals surface area contributed by atoms with Crippen molar-refractivity contribution in [2.75, 3.05) is 0 Å². The molecule has 1 aliphatic heterocycles. The summed E-state index contributed by atoms with van der Waals surface area (Å²) in [4.78, 5) is 0. The van der Waals surface area contributed by atoms with Crippen LogP contribution in [0.3, 0.4) is 0 Å². The van der Waals surface area contributed by atoms with Crippen molar-refractivity contribution in [3.05, 3.63) is 71.8 Å². The van der Waals surface area contributed by atoms with Gasteiger partial charge in [-0.15, -0.1) is 0 Å². The first-order chi connectivity index (χ1) is 11.5. The molecule has 1 saturated heterocycles. The Labute approximate surface area is 144 Å². The van der Waals surface area contributed by atoms with Gasteiger partial charge in [0.25, 0.3) is 0 Å². The molecule has 0 radical (unpaired) electrons. The van der Waals surface area contributed by atoms with Crippen LogP contribution in [0.15, 0.2) is 60.7 Å². The van der Waals surface area contributed by atoms with Gasteiger partial charge in [0.15, 0.2) is 0 Å². The van der Waals surface area contributed by atoms with Gasteiger partial charge in [-0.3, -0.25) is 8.37 Å². The summed E-state index contributed by atoms with van der Waals surface area (Å²) in [6.07, 6.45) is -1.83. The molecule has 24 heavy (non-hydrogen) atoms. The minimum Gasteiger partial charge on any atom is -0.390 e. The average molecular weight is 350 g/mol. The second kappa shape index (κ2) is 9.05. The Kier molecular flexibility index (Phi) is 7.08. The molecule has 3 rings (SSSR count). The minimum atomic E-state index is -1.58. The van der Waals surface area contributed by atoms with Gasteiger partial charge in [-0.2, -0.15) is 4.21 Å². The first kappa shape index (κ1) is 18.8. The summed E-state index contributed by atoms with van der Waals surface area (Å²) in [5, 5.41) is 18.4. The lowest BCUT2D eigenvalue weighted by Gasteiger charge is -2.12. The highest BCUT2D eigenvalue weighted by Crippen LogP contribution is 2.30. The molecule has 0 aliphatic carbocycles. The highest BCUT2D eigenvalue weighted by molar-refractivity contribution is 7.75. The molecule has 0 amide bonds. The lowest BCUT2D eigenvalue weighted by Crippen LogP contribution is -2.13. The van der Waals surface area contributed by atoms with E-state index in [-0.39, 0.29) is 12.2 Å². The normalized spacial score (nSPS) is 25.4. The second-order valence-electron chi connectivity index (χ2n) is 5.53. The molecule has 2 N–H and O–H groups in total. The Hall–Kier alpha value is -1.57. The van der Waals surface area contributed by atoms with Crippen molar-refractivity contribution in [2.24, 2.45) is 0 Å². The van der Waals surface area contributed by atoms with Gasteiger partial charge in [-0.1, -0.05) is 60.7 Å². The SMILES string of the molecule is C[C@@H](O)[C@H](O)c1ccccc1.C[C@H]1OS(=O)O[C@@H]1c1ccccc1. The van der Waals surface area contributed by atoms with Gasteiger partial charge in [0.1, 0.15) is 18.3 Å². The van der Waals surface area contributed by atoms with Gasteiger partial charge in [0.2, 0.25) is 0 Å². The zero-order valence-electron chi connectivity index (χ0n) is 13.6. The smallest absolute Gasteiger partial charge is 0.305 e. The molecule has 0 bridgehead atoms. The van der Waals surface area contributed by atoms with Crippen LogP contribution >= 0.6 is 0 Å². The quantitative estimate of drug-likeness (QED) is 0.890. The van der Waals surface area contributed by atoms with Crippen LogP contribution in [0.2, 0.25) is 0 Å². The van der Waals surface area contributed by atoms with Crippen LogP contribution in [0.25, 0.3) is 0 Å². The van der Waals surface area contributed by atoms with E-state index in [2.05, 4.69) is 0 Å². The third-order valence-corrected chi connectivity index (χ3v) is 4.39. The summed E-state index contributed by atoms with van der Waals surface area (Å²) >= 11 is -1.58. The summed E-state index contributed by atoms with van der Waals surface area (Å²) in [7, 11) is 0. The summed E-state index contributed by atoms with van der Waals surface area (Å²) in [5.74, 6) is 0. The third-order valence-electron chi connectivity index (χ3n) is 3.57. The molecule has 130 valence electrons. The molecule has 1 heterocycles. The van der Waals surface area contributed by atoms with E-state index >= 15 is 0 Å². The largest absolute Gasteiger partial charge is 0.390 e. The number of hydrogen-bond acceptors (Lipinski definition) is 5. The van der Waals surface area contributed by atoms with Crippen LogP contribution in [-0.2, 0) is 19.7 Å². The maximum Gasteiger partial charge on any atom is 0.305 e. The van der Waals surface area contributed by atoms with Gasteiger partial charge in [-0.05, 0) is 25.0 Å². The molecule has 5 nitrogen and oxygen atoms in total. The summed E-state index contributed by atoms with van der Waals surface area (Å²) in [6, 6.07) is 18.8. The van der Waals surface area contributed by atoms with E-state index in [1.807, 2.05) is 55.5 Å². The molecule has 2 aromatic rings. The first-order valence-electron chi connectivity index (χ1n) is 7.71. The molecule has 0 aromatic heterocycles. The molecular weight excluding hydrogens is 328 g/mol. The fourth-order valence-corrected chi connectivity index (χ4v) is 3.09. The molecule has 1 fully saturated rings. The molecule has 6 heteroatoms. The Morgan fingerprint density at radius 3 is 1.96 bits per heavy atom. The van der Waals surface area contributed by atoms with Crippen LogP contribution in [0.5, 0.6) is 0 Å². The van der Waals surface area contributed by atoms with Crippen LogP contribution in [0, 0.1) is 0 Å². The molecule has 0 saturated carbocycles. The molecule has 2 aromatic carbocycles. The van der Waals surface area contributed by atoms with E-state index in [0.717, 1.165) is 11.1 Å². The predicted octanol–water partition coefficient (Wildman–Crippen LogP) is 2.84. The van der Waals surface area contributed by atoms with E-state index in [1.165, 1.54) is 0 Å². The zero-order valence-corrected chi connectivity index (χ0v) is 14.4. The molecule has 1 aliphatic rings. The van der Waals surface area contributed by atoms with E-state index in [1.54, 1.807) is 19.1 Å². The Balaban J connectivity index is 0.000000177. The highest BCUT2D eigenvalue weighted by Gasteiger charge is 2.32. The maximum absolute atomic E-state index is 10.9. The zero-order chi connectivity index (χ0) is 17.5. The lowest BCUT2D eigenvalue weighted by atomic mass is 10.1. The topological polar surface area (TPSA) is 76.0 Å². The van der Waals surface area contributed by atoms with E-state index in [4.69, 9.17) is 13.5 Å². The summed E-state index contributed by atoms with van der Waals surface area (Å²) in [6.45, 7) is 3.42. The van der Waals surface area contributed by atoms with Crippen LogP contribution < -0.4 is 0 Å². The van der Waals surface area contributed by atoms with Gasteiger partial charge in [-0.25, -0.2) is 0 Å². The van der Waals surface area contributed by atoms with E-state index < -0.39 is 23.6 Å². The van der Waals surface area contributed by atoms with Crippen molar-refractivity contribution < 1.29 is 22.8 Å². The molecule has 1 unspecified atom stereocenters. The van der Waals surface area contributed by atoms with Crippen molar-refractivity contribution in [1.82, 2.24) is 0 Å². The van der Waals surface area contributed by atoms with Gasteiger partial charge in [0.05, 0.1) is 6.10 Å². The van der Waals surface area contributed by atoms with Crippen molar-refractivity contribution in [1.29, 1.82) is 0 Å². The Morgan fingerprint density at radius 1 is 0.958 bits per heavy atom. The van der Waals surface area contributed by atoms with Crippen molar-refractivity contribution >= 4 is 11.4 Å². The second-order valence-corrected chi connectivity index (χ2v) is 6.32. The summed E-state index contributed by atoms with van der Waals surface area (Å²) < 4.78 is 21.0. The van der Waals surface area contributed by atoms with Crippen LogP contribution in [0.1, 0.15) is 37.2 Å². The average Bonchev–Trinajstić information content (AvgIpc) is 2.94. The Bertz CT molecular complexity index is 632. The number of rotatable bonds is 3. The first-order valence-corrected chi connectivity index (χ1v) is 8.71. The van der Waals surface area contributed by atoms with E-state index in [0.29, 0.717) is 0 Å². The molecule has 0 spiro atoms. The third kappa shape index (κ3) is 5.22. The van der Waals surface area contributed by atoms with Crippen LogP contribution in [-0.4, -0.2) is 26.6 Å².